The number of methoxy groups -OCH3 is 1. The van der Waals surface area contributed by atoms with Crippen LogP contribution in [0.3, 0.4) is 0 Å². The van der Waals surface area contributed by atoms with E-state index >= 15 is 0 Å². The van der Waals surface area contributed by atoms with Gasteiger partial charge in [-0.15, -0.1) is 11.3 Å². The molecular formula is C14H14N2O3S. The largest absolute Gasteiger partial charge is 0.496 e. The van der Waals surface area contributed by atoms with Gasteiger partial charge in [-0.05, 0) is 30.0 Å². The van der Waals surface area contributed by atoms with Crippen molar-refractivity contribution in [1.29, 1.82) is 0 Å². The van der Waals surface area contributed by atoms with Gasteiger partial charge in [0.15, 0.2) is 0 Å². The molecule has 2 rings (SSSR count). The summed E-state index contributed by atoms with van der Waals surface area (Å²) in [4.78, 5) is 24.3. The molecule has 0 aliphatic rings. The summed E-state index contributed by atoms with van der Waals surface area (Å²) < 4.78 is 5.20. The zero-order valence-corrected chi connectivity index (χ0v) is 11.9. The average Bonchev–Trinajstić information content (AvgIpc) is 2.98. The third-order valence-electron chi connectivity index (χ3n) is 2.70. The lowest BCUT2D eigenvalue weighted by molar-refractivity contribution is 0.0847. The fourth-order valence-corrected chi connectivity index (χ4v) is 2.37. The number of amides is 2. The van der Waals surface area contributed by atoms with E-state index in [1.807, 2.05) is 13.0 Å². The molecule has 2 amide bonds. The van der Waals surface area contributed by atoms with Gasteiger partial charge < -0.3 is 4.74 Å². The Morgan fingerprint density at radius 2 is 1.85 bits per heavy atom. The molecule has 5 nitrogen and oxygen atoms in total. The van der Waals surface area contributed by atoms with E-state index in [1.165, 1.54) is 18.4 Å². The summed E-state index contributed by atoms with van der Waals surface area (Å²) in [6.45, 7) is 1.85. The molecular weight excluding hydrogens is 276 g/mol. The van der Waals surface area contributed by atoms with E-state index in [9.17, 15) is 9.59 Å². The van der Waals surface area contributed by atoms with Gasteiger partial charge in [0.2, 0.25) is 0 Å². The molecule has 6 heteroatoms. The minimum absolute atomic E-state index is 0.347. The first kappa shape index (κ1) is 14.1. The highest BCUT2D eigenvalue weighted by atomic mass is 32.1. The number of carbonyl (C=O) groups is 2. The molecule has 2 N–H and O–H groups in total. The van der Waals surface area contributed by atoms with Gasteiger partial charge in [0.05, 0.1) is 17.6 Å². The molecule has 0 fully saturated rings. The molecule has 0 atom stereocenters. The number of nitrogens with one attached hydrogen (secondary N) is 2. The van der Waals surface area contributed by atoms with Crippen molar-refractivity contribution in [3.8, 4) is 5.75 Å². The minimum Gasteiger partial charge on any atom is -0.496 e. The van der Waals surface area contributed by atoms with Gasteiger partial charge in [0.25, 0.3) is 11.8 Å². The van der Waals surface area contributed by atoms with Crippen LogP contribution in [0.2, 0.25) is 0 Å². The molecule has 1 aromatic heterocycles. The summed E-state index contributed by atoms with van der Waals surface area (Å²) in [6.07, 6.45) is 0. The van der Waals surface area contributed by atoms with Crippen LogP contribution in [0.1, 0.15) is 25.6 Å². The smallest absolute Gasteiger partial charge is 0.279 e. The van der Waals surface area contributed by atoms with Crippen molar-refractivity contribution >= 4 is 23.2 Å². The Morgan fingerprint density at radius 3 is 2.50 bits per heavy atom. The summed E-state index contributed by atoms with van der Waals surface area (Å²) >= 11 is 1.30. The normalized spacial score (nSPS) is 9.90. The number of hydrazine groups is 1. The Bertz CT molecular complexity index is 623. The molecule has 0 aliphatic carbocycles. The average molecular weight is 290 g/mol. The van der Waals surface area contributed by atoms with E-state index < -0.39 is 5.91 Å². The second kappa shape index (κ2) is 6.21. The molecule has 2 aromatic rings. The number of carbonyl (C=O) groups excluding carboxylic acids is 2. The molecule has 0 unspecified atom stereocenters. The van der Waals surface area contributed by atoms with E-state index in [1.54, 1.807) is 29.6 Å². The van der Waals surface area contributed by atoms with E-state index in [2.05, 4.69) is 10.9 Å². The van der Waals surface area contributed by atoms with Crippen molar-refractivity contribution < 1.29 is 14.3 Å². The van der Waals surface area contributed by atoms with E-state index in [0.717, 1.165) is 5.56 Å². The standard InChI is InChI=1S/C14H14N2O3S/c1-9-5-3-6-10(12(9)19-2)13(17)15-16-14(18)11-7-4-8-20-11/h3-8H,1-2H3,(H,15,17)(H,16,18). The zero-order valence-electron chi connectivity index (χ0n) is 11.1. The van der Waals surface area contributed by atoms with Crippen molar-refractivity contribution in [3.63, 3.8) is 0 Å². The molecule has 104 valence electrons. The topological polar surface area (TPSA) is 67.4 Å². The Hall–Kier alpha value is -2.34. The second-order valence-electron chi connectivity index (χ2n) is 4.04. The second-order valence-corrected chi connectivity index (χ2v) is 4.99. The number of rotatable bonds is 3. The quantitative estimate of drug-likeness (QED) is 0.851. The molecule has 0 aliphatic heterocycles. The monoisotopic (exact) mass is 290 g/mol. The Morgan fingerprint density at radius 1 is 1.10 bits per heavy atom. The van der Waals surface area contributed by atoms with Crippen LogP contribution >= 0.6 is 11.3 Å². The molecule has 0 bridgehead atoms. The van der Waals surface area contributed by atoms with Gasteiger partial charge in [-0.2, -0.15) is 0 Å². The lowest BCUT2D eigenvalue weighted by Gasteiger charge is -2.11. The van der Waals surface area contributed by atoms with Crippen molar-refractivity contribution in [2.45, 2.75) is 6.92 Å². The van der Waals surface area contributed by atoms with Crippen LogP contribution in [0.5, 0.6) is 5.75 Å². The molecule has 0 radical (unpaired) electrons. The number of benzene rings is 1. The highest BCUT2D eigenvalue weighted by Crippen LogP contribution is 2.22. The number of hydrogen-bond donors (Lipinski definition) is 2. The van der Waals surface area contributed by atoms with E-state index in [4.69, 9.17) is 4.74 Å². The van der Waals surface area contributed by atoms with Crippen LogP contribution < -0.4 is 15.6 Å². The molecule has 0 saturated carbocycles. The van der Waals surface area contributed by atoms with Crippen LogP contribution in [0.25, 0.3) is 0 Å². The fraction of sp³-hybridized carbons (Fsp3) is 0.143. The summed E-state index contributed by atoms with van der Waals surface area (Å²) in [5.74, 6) is -0.272. The van der Waals surface area contributed by atoms with Gasteiger partial charge in [0.1, 0.15) is 5.75 Å². The summed E-state index contributed by atoms with van der Waals surface area (Å²) in [5, 5.41) is 1.79. The third-order valence-corrected chi connectivity index (χ3v) is 3.56. The Kier molecular flexibility index (Phi) is 4.37. The van der Waals surface area contributed by atoms with E-state index in [-0.39, 0.29) is 5.91 Å². The van der Waals surface area contributed by atoms with Crippen LogP contribution in [0.4, 0.5) is 0 Å². The summed E-state index contributed by atoms with van der Waals surface area (Å²) in [7, 11) is 1.50. The van der Waals surface area contributed by atoms with E-state index in [0.29, 0.717) is 16.2 Å². The highest BCUT2D eigenvalue weighted by molar-refractivity contribution is 7.12. The van der Waals surface area contributed by atoms with Crippen LogP contribution in [-0.4, -0.2) is 18.9 Å². The first-order valence-electron chi connectivity index (χ1n) is 5.91. The maximum Gasteiger partial charge on any atom is 0.279 e. The zero-order chi connectivity index (χ0) is 14.5. The fourth-order valence-electron chi connectivity index (χ4n) is 1.75. The SMILES string of the molecule is COc1c(C)cccc1C(=O)NNC(=O)c1cccs1. The first-order chi connectivity index (χ1) is 9.63. The van der Waals surface area contributed by atoms with Gasteiger partial charge >= 0.3 is 0 Å². The Labute approximate surface area is 120 Å². The predicted octanol–water partition coefficient (Wildman–Crippen LogP) is 2.14. The van der Waals surface area contributed by atoms with Crippen molar-refractivity contribution in [2.75, 3.05) is 7.11 Å². The molecule has 20 heavy (non-hydrogen) atoms. The summed E-state index contributed by atoms with van der Waals surface area (Å²) in [6, 6.07) is 8.69. The van der Waals surface area contributed by atoms with Gasteiger partial charge in [-0.25, -0.2) is 0 Å². The Balaban J connectivity index is 2.06. The maximum atomic E-state index is 12.0. The van der Waals surface area contributed by atoms with Crippen molar-refractivity contribution in [2.24, 2.45) is 0 Å². The minimum atomic E-state index is -0.421. The van der Waals surface area contributed by atoms with Crippen LogP contribution in [0.15, 0.2) is 35.7 Å². The number of para-hydroxylation sites is 1. The van der Waals surface area contributed by atoms with Crippen molar-refractivity contribution in [1.82, 2.24) is 10.9 Å². The molecule has 0 spiro atoms. The third kappa shape index (κ3) is 2.97. The van der Waals surface area contributed by atoms with Gasteiger partial charge in [-0.3, -0.25) is 20.4 Å². The van der Waals surface area contributed by atoms with Crippen LogP contribution in [-0.2, 0) is 0 Å². The number of hydrogen-bond acceptors (Lipinski definition) is 4. The summed E-state index contributed by atoms with van der Waals surface area (Å²) in [5.41, 5.74) is 5.97. The number of thiophene rings is 1. The van der Waals surface area contributed by atoms with Gasteiger partial charge in [-0.1, -0.05) is 18.2 Å². The van der Waals surface area contributed by atoms with Gasteiger partial charge in [0, 0.05) is 0 Å². The first-order valence-corrected chi connectivity index (χ1v) is 6.79. The number of aryl methyl sites for hydroxylation is 1. The molecule has 1 aromatic carbocycles. The predicted molar refractivity (Wildman–Crippen MR) is 77.0 cm³/mol. The number of ether oxygens (including phenoxy) is 1. The maximum absolute atomic E-state index is 12.0. The van der Waals surface area contributed by atoms with Crippen LogP contribution in [0, 0.1) is 6.92 Å². The molecule has 1 heterocycles. The lowest BCUT2D eigenvalue weighted by Crippen LogP contribution is -2.41. The molecule has 0 saturated heterocycles. The van der Waals surface area contributed by atoms with Crippen molar-refractivity contribution in [3.05, 3.63) is 51.7 Å². The lowest BCUT2D eigenvalue weighted by atomic mass is 10.1. The highest BCUT2D eigenvalue weighted by Gasteiger charge is 2.15.